The molecule has 0 N–H and O–H groups in total. The van der Waals surface area contributed by atoms with Crippen LogP contribution in [-0.4, -0.2) is 30.4 Å². The van der Waals surface area contributed by atoms with Crippen LogP contribution in [0.1, 0.15) is 47.4 Å². The highest BCUT2D eigenvalue weighted by Crippen LogP contribution is 2.34. The third kappa shape index (κ3) is 2.50. The predicted octanol–water partition coefficient (Wildman–Crippen LogP) is 1.99. The van der Waals surface area contributed by atoms with Crippen LogP contribution in [0, 0.1) is 13.8 Å². The van der Waals surface area contributed by atoms with Crippen molar-refractivity contribution < 1.29 is 14.3 Å². The molecule has 1 aromatic heterocycles. The first-order valence-corrected chi connectivity index (χ1v) is 6.92. The maximum atomic E-state index is 12.2. The van der Waals surface area contributed by atoms with Crippen LogP contribution in [0.4, 0.5) is 0 Å². The van der Waals surface area contributed by atoms with Gasteiger partial charge in [0.1, 0.15) is 0 Å². The van der Waals surface area contributed by atoms with Crippen molar-refractivity contribution in [1.82, 2.24) is 4.57 Å². The summed E-state index contributed by atoms with van der Waals surface area (Å²) in [6, 6.07) is 1.63. The van der Waals surface area contributed by atoms with Crippen molar-refractivity contribution in [3.63, 3.8) is 0 Å². The van der Waals surface area contributed by atoms with Crippen LogP contribution < -0.4 is 5.56 Å². The third-order valence-corrected chi connectivity index (χ3v) is 3.94. The first-order valence-electron chi connectivity index (χ1n) is 6.92. The molecule has 110 valence electrons. The highest BCUT2D eigenvalue weighted by atomic mass is 16.5. The van der Waals surface area contributed by atoms with E-state index in [1.54, 1.807) is 32.4 Å². The Hall–Kier alpha value is -1.62. The summed E-state index contributed by atoms with van der Waals surface area (Å²) in [5, 5.41) is 0. The summed E-state index contributed by atoms with van der Waals surface area (Å²) >= 11 is 0. The summed E-state index contributed by atoms with van der Waals surface area (Å²) in [5.74, 6) is -0.362. The summed E-state index contributed by atoms with van der Waals surface area (Å²) in [7, 11) is 1.68. The van der Waals surface area contributed by atoms with Gasteiger partial charge in [-0.1, -0.05) is 0 Å². The number of pyridine rings is 1. The number of hydrogen-bond donors (Lipinski definition) is 0. The topological polar surface area (TPSA) is 57.5 Å². The van der Waals surface area contributed by atoms with Crippen LogP contribution in [0.25, 0.3) is 0 Å². The Bertz CT molecular complexity index is 570. The fourth-order valence-electron chi connectivity index (χ4n) is 2.80. The molecule has 5 heteroatoms. The van der Waals surface area contributed by atoms with Crippen molar-refractivity contribution in [3.8, 4) is 0 Å². The van der Waals surface area contributed by atoms with E-state index in [0.717, 1.165) is 12.8 Å². The quantitative estimate of drug-likeness (QED) is 0.791. The highest BCUT2D eigenvalue weighted by molar-refractivity contribution is 5.92. The molecule has 0 spiro atoms. The molecule has 1 heterocycles. The number of esters is 1. The van der Waals surface area contributed by atoms with Crippen LogP contribution in [0.2, 0.25) is 0 Å². The zero-order valence-corrected chi connectivity index (χ0v) is 12.4. The number of carbonyl (C=O) groups excluding carboxylic acids is 1. The van der Waals surface area contributed by atoms with E-state index >= 15 is 0 Å². The van der Waals surface area contributed by atoms with Crippen molar-refractivity contribution in [2.45, 2.75) is 45.8 Å². The van der Waals surface area contributed by atoms with Gasteiger partial charge in [0.25, 0.3) is 5.56 Å². The molecular formula is C15H21NO4. The molecule has 1 aliphatic rings. The van der Waals surface area contributed by atoms with E-state index in [2.05, 4.69) is 0 Å². The van der Waals surface area contributed by atoms with E-state index in [0.29, 0.717) is 23.4 Å². The molecule has 0 aromatic carbocycles. The largest absolute Gasteiger partial charge is 0.462 e. The Morgan fingerprint density at radius 2 is 2.05 bits per heavy atom. The minimum absolute atomic E-state index is 0.0624. The van der Waals surface area contributed by atoms with E-state index < -0.39 is 0 Å². The number of rotatable bonds is 4. The average Bonchev–Trinajstić information content (AvgIpc) is 2.31. The molecule has 0 unspecified atom stereocenters. The molecule has 1 saturated carbocycles. The summed E-state index contributed by atoms with van der Waals surface area (Å²) in [4.78, 5) is 24.2. The molecule has 1 aromatic rings. The lowest BCUT2D eigenvalue weighted by Gasteiger charge is -2.36. The average molecular weight is 279 g/mol. The number of ether oxygens (including phenoxy) is 2. The fraction of sp³-hybridized carbons (Fsp3) is 0.600. The molecule has 2 rings (SSSR count). The van der Waals surface area contributed by atoms with Crippen LogP contribution in [-0.2, 0) is 9.47 Å². The van der Waals surface area contributed by atoms with Gasteiger partial charge in [0, 0.05) is 24.9 Å². The van der Waals surface area contributed by atoms with Crippen molar-refractivity contribution >= 4 is 5.97 Å². The SMILES string of the molecule is CCOC(=O)c1c(C)cc(=O)n(C2CC(OC)C2)c1C. The normalized spacial score (nSPS) is 21.4. The van der Waals surface area contributed by atoms with Crippen LogP contribution in [0.3, 0.4) is 0 Å². The maximum absolute atomic E-state index is 12.2. The lowest BCUT2D eigenvalue weighted by atomic mass is 9.88. The standard InChI is InChI=1S/C15H21NO4/c1-5-20-15(18)14-9(2)6-13(17)16(10(14)3)11-7-12(8-11)19-4/h6,11-12H,5,7-8H2,1-4H3. The number of nitrogens with zero attached hydrogens (tertiary/aromatic N) is 1. The van der Waals surface area contributed by atoms with E-state index in [9.17, 15) is 9.59 Å². The Morgan fingerprint density at radius 3 is 2.60 bits per heavy atom. The second-order valence-corrected chi connectivity index (χ2v) is 5.20. The van der Waals surface area contributed by atoms with E-state index in [1.165, 1.54) is 6.07 Å². The van der Waals surface area contributed by atoms with Gasteiger partial charge in [-0.25, -0.2) is 4.79 Å². The van der Waals surface area contributed by atoms with Gasteiger partial charge >= 0.3 is 5.97 Å². The zero-order valence-electron chi connectivity index (χ0n) is 12.4. The molecular weight excluding hydrogens is 258 g/mol. The highest BCUT2D eigenvalue weighted by Gasteiger charge is 2.33. The van der Waals surface area contributed by atoms with Crippen LogP contribution >= 0.6 is 0 Å². The van der Waals surface area contributed by atoms with Gasteiger partial charge in [-0.05, 0) is 39.2 Å². The first-order chi connectivity index (χ1) is 9.49. The van der Waals surface area contributed by atoms with Gasteiger partial charge in [0.2, 0.25) is 0 Å². The van der Waals surface area contributed by atoms with Gasteiger partial charge in [-0.15, -0.1) is 0 Å². The molecule has 0 radical (unpaired) electrons. The first kappa shape index (κ1) is 14.8. The number of aromatic nitrogens is 1. The van der Waals surface area contributed by atoms with Crippen LogP contribution in [0.5, 0.6) is 0 Å². The molecule has 20 heavy (non-hydrogen) atoms. The number of methoxy groups -OCH3 is 1. The smallest absolute Gasteiger partial charge is 0.340 e. The van der Waals surface area contributed by atoms with Gasteiger partial charge < -0.3 is 14.0 Å². The number of carbonyl (C=O) groups is 1. The lowest BCUT2D eigenvalue weighted by Crippen LogP contribution is -2.39. The van der Waals surface area contributed by atoms with Crippen LogP contribution in [0.15, 0.2) is 10.9 Å². The van der Waals surface area contributed by atoms with Gasteiger partial charge in [-0.3, -0.25) is 4.79 Å². The molecule has 1 aliphatic carbocycles. The molecule has 0 amide bonds. The molecule has 5 nitrogen and oxygen atoms in total. The second kappa shape index (κ2) is 5.79. The van der Waals surface area contributed by atoms with Crippen molar-refractivity contribution in [1.29, 1.82) is 0 Å². The van der Waals surface area contributed by atoms with E-state index in [1.807, 2.05) is 0 Å². The Morgan fingerprint density at radius 1 is 1.40 bits per heavy atom. The molecule has 0 bridgehead atoms. The minimum atomic E-state index is -0.362. The van der Waals surface area contributed by atoms with E-state index in [-0.39, 0.29) is 23.7 Å². The molecule has 0 saturated heterocycles. The maximum Gasteiger partial charge on any atom is 0.340 e. The Balaban J connectivity index is 2.41. The second-order valence-electron chi connectivity index (χ2n) is 5.20. The van der Waals surface area contributed by atoms with Gasteiger partial charge in [0.05, 0.1) is 18.3 Å². The third-order valence-electron chi connectivity index (χ3n) is 3.94. The zero-order chi connectivity index (χ0) is 14.9. The number of aryl methyl sites for hydroxylation is 1. The molecule has 0 atom stereocenters. The van der Waals surface area contributed by atoms with Crippen molar-refractivity contribution in [3.05, 3.63) is 33.2 Å². The number of hydrogen-bond acceptors (Lipinski definition) is 4. The summed E-state index contributed by atoms with van der Waals surface area (Å²) in [6.45, 7) is 5.67. The summed E-state index contributed by atoms with van der Waals surface area (Å²) in [5.41, 5.74) is 1.80. The predicted molar refractivity (Wildman–Crippen MR) is 75.2 cm³/mol. The monoisotopic (exact) mass is 279 g/mol. The summed E-state index contributed by atoms with van der Waals surface area (Å²) in [6.07, 6.45) is 1.82. The lowest BCUT2D eigenvalue weighted by molar-refractivity contribution is 0.00445. The Labute approximate surface area is 118 Å². The summed E-state index contributed by atoms with van der Waals surface area (Å²) < 4.78 is 12.0. The fourth-order valence-corrected chi connectivity index (χ4v) is 2.80. The minimum Gasteiger partial charge on any atom is -0.462 e. The van der Waals surface area contributed by atoms with Gasteiger partial charge in [0.15, 0.2) is 0 Å². The van der Waals surface area contributed by atoms with Gasteiger partial charge in [-0.2, -0.15) is 0 Å². The van der Waals surface area contributed by atoms with Crippen molar-refractivity contribution in [2.75, 3.05) is 13.7 Å². The van der Waals surface area contributed by atoms with E-state index in [4.69, 9.17) is 9.47 Å². The molecule has 0 aliphatic heterocycles. The molecule has 1 fully saturated rings. The van der Waals surface area contributed by atoms with Crippen molar-refractivity contribution in [2.24, 2.45) is 0 Å². The Kier molecular flexibility index (Phi) is 4.28.